The standard InChI is InChI=1S/C25H22OS2/c1-16(2)19-10-12-24-22(15-19)25(26)21-14-18(9-11-23(21)28-24)8-7-17-5-4-6-20(13-17)27-3/h4-16H,1-3H3/b8-7+. The first kappa shape index (κ1) is 19.0. The molecule has 0 unspecified atom stereocenters. The van der Waals surface area contributed by atoms with Crippen LogP contribution in [0.25, 0.3) is 32.3 Å². The zero-order chi connectivity index (χ0) is 19.7. The van der Waals surface area contributed by atoms with Crippen molar-refractivity contribution < 1.29 is 0 Å². The van der Waals surface area contributed by atoms with E-state index in [1.165, 1.54) is 10.5 Å². The van der Waals surface area contributed by atoms with Crippen molar-refractivity contribution in [3.05, 3.63) is 87.6 Å². The first-order valence-corrected chi connectivity index (χ1v) is 11.4. The smallest absolute Gasteiger partial charge is 0.195 e. The van der Waals surface area contributed by atoms with Crippen LogP contribution in [0.1, 0.15) is 36.5 Å². The van der Waals surface area contributed by atoms with Crippen LogP contribution < -0.4 is 5.43 Å². The van der Waals surface area contributed by atoms with E-state index in [9.17, 15) is 4.79 Å². The number of fused-ring (bicyclic) bond motifs is 2. The maximum atomic E-state index is 13.2. The molecule has 0 amide bonds. The molecular weight excluding hydrogens is 380 g/mol. The van der Waals surface area contributed by atoms with E-state index < -0.39 is 0 Å². The fraction of sp³-hybridized carbons (Fsp3) is 0.160. The molecule has 0 aliphatic heterocycles. The fourth-order valence-electron chi connectivity index (χ4n) is 3.29. The normalized spacial score (nSPS) is 11.9. The second-order valence-corrected chi connectivity index (χ2v) is 9.17. The Morgan fingerprint density at radius 3 is 2.25 bits per heavy atom. The molecule has 3 heteroatoms. The van der Waals surface area contributed by atoms with E-state index in [4.69, 9.17) is 0 Å². The van der Waals surface area contributed by atoms with Crippen molar-refractivity contribution in [1.82, 2.24) is 0 Å². The van der Waals surface area contributed by atoms with E-state index in [1.807, 2.05) is 6.07 Å². The van der Waals surface area contributed by atoms with Gasteiger partial charge in [-0.1, -0.05) is 50.3 Å². The van der Waals surface area contributed by atoms with Crippen molar-refractivity contribution in [3.63, 3.8) is 0 Å². The predicted octanol–water partition coefficient (Wildman–Crippen LogP) is 7.43. The van der Waals surface area contributed by atoms with Crippen LogP contribution >= 0.6 is 23.1 Å². The molecule has 140 valence electrons. The molecule has 0 N–H and O–H groups in total. The number of hydrogen-bond acceptors (Lipinski definition) is 3. The molecule has 1 heterocycles. The van der Waals surface area contributed by atoms with Gasteiger partial charge in [-0.2, -0.15) is 0 Å². The maximum Gasteiger partial charge on any atom is 0.195 e. The summed E-state index contributed by atoms with van der Waals surface area (Å²) >= 11 is 3.43. The SMILES string of the molecule is CSc1cccc(/C=C/c2ccc3sc4ccc(C(C)C)cc4c(=O)c3c2)c1. The monoisotopic (exact) mass is 402 g/mol. The van der Waals surface area contributed by atoms with Crippen LogP contribution in [0.4, 0.5) is 0 Å². The number of thioether (sulfide) groups is 1. The predicted molar refractivity (Wildman–Crippen MR) is 127 cm³/mol. The van der Waals surface area contributed by atoms with Gasteiger partial charge in [-0.15, -0.1) is 23.1 Å². The van der Waals surface area contributed by atoms with Gasteiger partial charge in [0.1, 0.15) is 0 Å². The highest BCUT2D eigenvalue weighted by molar-refractivity contribution is 7.98. The first-order chi connectivity index (χ1) is 13.5. The molecule has 28 heavy (non-hydrogen) atoms. The molecule has 0 saturated carbocycles. The van der Waals surface area contributed by atoms with E-state index in [2.05, 4.69) is 86.9 Å². The molecule has 0 radical (unpaired) electrons. The molecule has 1 aromatic heterocycles. The van der Waals surface area contributed by atoms with Crippen LogP contribution in [0.3, 0.4) is 0 Å². The van der Waals surface area contributed by atoms with Gasteiger partial charge >= 0.3 is 0 Å². The van der Waals surface area contributed by atoms with Gasteiger partial charge in [0, 0.05) is 25.1 Å². The molecule has 0 fully saturated rings. The van der Waals surface area contributed by atoms with Crippen LogP contribution in [0.15, 0.2) is 70.4 Å². The Morgan fingerprint density at radius 1 is 0.857 bits per heavy atom. The third-order valence-electron chi connectivity index (χ3n) is 4.95. The maximum absolute atomic E-state index is 13.2. The van der Waals surface area contributed by atoms with E-state index in [0.29, 0.717) is 5.92 Å². The highest BCUT2D eigenvalue weighted by Crippen LogP contribution is 2.28. The first-order valence-electron chi connectivity index (χ1n) is 9.38. The van der Waals surface area contributed by atoms with Crippen LogP contribution in [0.5, 0.6) is 0 Å². The van der Waals surface area contributed by atoms with Gasteiger partial charge in [0.05, 0.1) is 0 Å². The van der Waals surface area contributed by atoms with Gasteiger partial charge in [0.15, 0.2) is 5.43 Å². The van der Waals surface area contributed by atoms with E-state index in [1.54, 1.807) is 23.1 Å². The zero-order valence-electron chi connectivity index (χ0n) is 16.2. The summed E-state index contributed by atoms with van der Waals surface area (Å²) in [4.78, 5) is 14.4. The quantitative estimate of drug-likeness (QED) is 0.200. The van der Waals surface area contributed by atoms with Crippen LogP contribution in [0, 0.1) is 0 Å². The Balaban J connectivity index is 1.79. The van der Waals surface area contributed by atoms with Crippen LogP contribution in [-0.2, 0) is 0 Å². The minimum absolute atomic E-state index is 0.130. The summed E-state index contributed by atoms with van der Waals surface area (Å²) in [5, 5.41) is 1.64. The number of hydrogen-bond donors (Lipinski definition) is 0. The molecule has 0 aliphatic rings. The van der Waals surface area contributed by atoms with Crippen molar-refractivity contribution in [2.75, 3.05) is 6.26 Å². The Morgan fingerprint density at radius 2 is 1.54 bits per heavy atom. The summed E-state index contributed by atoms with van der Waals surface area (Å²) in [6.07, 6.45) is 6.27. The molecule has 0 bridgehead atoms. The Kier molecular flexibility index (Phi) is 5.38. The van der Waals surface area contributed by atoms with Crippen molar-refractivity contribution in [2.24, 2.45) is 0 Å². The molecule has 3 aromatic carbocycles. The fourth-order valence-corrected chi connectivity index (χ4v) is 4.79. The second kappa shape index (κ2) is 7.94. The molecule has 4 rings (SSSR count). The lowest BCUT2D eigenvalue weighted by atomic mass is 10.0. The van der Waals surface area contributed by atoms with Gasteiger partial charge in [-0.25, -0.2) is 0 Å². The lowest BCUT2D eigenvalue weighted by Gasteiger charge is -2.07. The topological polar surface area (TPSA) is 17.1 Å². The summed E-state index contributed by atoms with van der Waals surface area (Å²) in [6, 6.07) is 20.9. The third kappa shape index (κ3) is 3.78. The number of benzene rings is 3. The largest absolute Gasteiger partial charge is 0.289 e. The van der Waals surface area contributed by atoms with Gasteiger partial charge in [0.25, 0.3) is 0 Å². The molecule has 0 spiro atoms. The molecule has 1 nitrogen and oxygen atoms in total. The van der Waals surface area contributed by atoms with E-state index in [0.717, 1.165) is 31.3 Å². The molecular formula is C25H22OS2. The van der Waals surface area contributed by atoms with Gasteiger partial charge in [-0.05, 0) is 65.3 Å². The van der Waals surface area contributed by atoms with Crippen molar-refractivity contribution in [1.29, 1.82) is 0 Å². The van der Waals surface area contributed by atoms with Crippen LogP contribution in [0.2, 0.25) is 0 Å². The van der Waals surface area contributed by atoms with Gasteiger partial charge in [0.2, 0.25) is 0 Å². The lowest BCUT2D eigenvalue weighted by Crippen LogP contribution is -2.02. The van der Waals surface area contributed by atoms with Gasteiger partial charge in [-0.3, -0.25) is 4.79 Å². The summed E-state index contributed by atoms with van der Waals surface area (Å²) in [5.74, 6) is 0.413. The Labute approximate surface area is 173 Å². The van der Waals surface area contributed by atoms with Gasteiger partial charge < -0.3 is 0 Å². The highest BCUT2D eigenvalue weighted by Gasteiger charge is 2.08. The summed E-state index contributed by atoms with van der Waals surface area (Å²) in [6.45, 7) is 4.32. The van der Waals surface area contributed by atoms with Crippen molar-refractivity contribution in [2.45, 2.75) is 24.7 Å². The Bertz CT molecular complexity index is 1250. The highest BCUT2D eigenvalue weighted by atomic mass is 32.2. The average molecular weight is 403 g/mol. The van der Waals surface area contributed by atoms with E-state index in [-0.39, 0.29) is 5.43 Å². The van der Waals surface area contributed by atoms with Crippen molar-refractivity contribution in [3.8, 4) is 0 Å². The molecule has 4 aromatic rings. The molecule has 0 aliphatic carbocycles. The lowest BCUT2D eigenvalue weighted by molar-refractivity contribution is 0.869. The minimum Gasteiger partial charge on any atom is -0.289 e. The minimum atomic E-state index is 0.130. The van der Waals surface area contributed by atoms with Crippen molar-refractivity contribution >= 4 is 55.4 Å². The molecule has 0 saturated heterocycles. The molecule has 0 atom stereocenters. The average Bonchev–Trinajstić information content (AvgIpc) is 2.72. The summed E-state index contributed by atoms with van der Waals surface area (Å²) in [5.41, 5.74) is 3.55. The van der Waals surface area contributed by atoms with E-state index >= 15 is 0 Å². The van der Waals surface area contributed by atoms with Crippen LogP contribution in [-0.4, -0.2) is 6.26 Å². The third-order valence-corrected chi connectivity index (χ3v) is 6.82. The number of rotatable bonds is 4. The summed E-state index contributed by atoms with van der Waals surface area (Å²) in [7, 11) is 0. The second-order valence-electron chi connectivity index (χ2n) is 7.21. The summed E-state index contributed by atoms with van der Waals surface area (Å²) < 4.78 is 2.09. The Hall–Kier alpha value is -2.36. The zero-order valence-corrected chi connectivity index (χ0v) is 17.9.